The first-order chi connectivity index (χ1) is 10.7. The zero-order valence-corrected chi connectivity index (χ0v) is 17.0. The van der Waals surface area contributed by atoms with Crippen LogP contribution in [-0.4, -0.2) is 19.2 Å². The molecule has 3 rings (SSSR count). The average molecular weight is 510 g/mol. The van der Waals surface area contributed by atoms with Crippen LogP contribution in [-0.2, 0) is 6.54 Å². The monoisotopic (exact) mass is 509 g/mol. The Morgan fingerprint density at radius 2 is 2.00 bits per heavy atom. The molecule has 0 amide bonds. The fourth-order valence-corrected chi connectivity index (χ4v) is 3.44. The molecule has 2 heterocycles. The second-order valence-electron chi connectivity index (χ2n) is 4.74. The van der Waals surface area contributed by atoms with Crippen molar-refractivity contribution in [3.63, 3.8) is 0 Å². The number of rotatable bonds is 3. The van der Waals surface area contributed by atoms with Gasteiger partial charge in [-0.05, 0) is 40.2 Å². The van der Waals surface area contributed by atoms with Crippen LogP contribution in [0, 0.1) is 0 Å². The summed E-state index contributed by atoms with van der Waals surface area (Å²) in [5.41, 5.74) is 6.76. The number of aliphatic imine (C=N–C) groups is 1. The number of anilines is 1. The van der Waals surface area contributed by atoms with E-state index in [0.29, 0.717) is 25.7 Å². The van der Waals surface area contributed by atoms with Crippen LogP contribution in [0.25, 0.3) is 0 Å². The molecule has 124 valence electrons. The van der Waals surface area contributed by atoms with Crippen LogP contribution in [0.1, 0.15) is 11.3 Å². The van der Waals surface area contributed by atoms with Gasteiger partial charge in [-0.15, -0.1) is 35.3 Å². The van der Waals surface area contributed by atoms with Crippen molar-refractivity contribution in [3.05, 3.63) is 39.0 Å². The summed E-state index contributed by atoms with van der Waals surface area (Å²) in [5.74, 6) is 1.87. The quantitative estimate of drug-likeness (QED) is 0.369. The van der Waals surface area contributed by atoms with Crippen molar-refractivity contribution in [2.24, 2.45) is 10.7 Å². The molecular weight excluding hydrogens is 493 g/mol. The molecule has 0 radical (unpaired) electrons. The summed E-state index contributed by atoms with van der Waals surface area (Å²) in [6, 6.07) is 9.69. The molecule has 0 aliphatic carbocycles. The molecule has 3 N–H and O–H groups in total. The molecule has 0 saturated carbocycles. The molecule has 8 heteroatoms. The summed E-state index contributed by atoms with van der Waals surface area (Å²) in [6.07, 6.45) is 0.886. The normalized spacial score (nSPS) is 13.9. The lowest BCUT2D eigenvalue weighted by Gasteiger charge is -2.10. The number of ether oxygens (including phenoxy) is 2. The van der Waals surface area contributed by atoms with Gasteiger partial charge in [-0.25, -0.2) is 4.99 Å². The van der Waals surface area contributed by atoms with E-state index in [9.17, 15) is 0 Å². The first-order valence-electron chi connectivity index (χ1n) is 6.91. The van der Waals surface area contributed by atoms with Gasteiger partial charge in [0.05, 0.1) is 23.5 Å². The Hall–Kier alpha value is -1.00. The number of thiophene rings is 1. The number of hydrogen-bond acceptors (Lipinski definition) is 4. The van der Waals surface area contributed by atoms with E-state index < -0.39 is 0 Å². The van der Waals surface area contributed by atoms with Crippen LogP contribution < -0.4 is 20.5 Å². The number of nitrogens with zero attached hydrogens (tertiary/aromatic N) is 1. The third-order valence-corrected chi connectivity index (χ3v) is 4.66. The molecular formula is C15H17BrIN3O2S. The third kappa shape index (κ3) is 5.25. The van der Waals surface area contributed by atoms with Crippen molar-refractivity contribution in [3.8, 4) is 11.5 Å². The maximum atomic E-state index is 5.93. The van der Waals surface area contributed by atoms with Gasteiger partial charge in [-0.3, -0.25) is 0 Å². The first-order valence-corrected chi connectivity index (χ1v) is 8.52. The van der Waals surface area contributed by atoms with Gasteiger partial charge in [-0.2, -0.15) is 0 Å². The van der Waals surface area contributed by atoms with Crippen molar-refractivity contribution in [1.82, 2.24) is 0 Å². The van der Waals surface area contributed by atoms with Crippen molar-refractivity contribution in [1.29, 1.82) is 0 Å². The molecule has 1 aromatic heterocycles. The Labute approximate surface area is 164 Å². The van der Waals surface area contributed by atoms with E-state index in [1.807, 2.05) is 30.3 Å². The molecule has 0 bridgehead atoms. The van der Waals surface area contributed by atoms with Gasteiger partial charge in [-0.1, -0.05) is 0 Å². The number of benzene rings is 1. The Morgan fingerprint density at radius 1 is 1.22 bits per heavy atom. The number of halogens is 2. The molecule has 0 saturated heterocycles. The summed E-state index contributed by atoms with van der Waals surface area (Å²) < 4.78 is 12.3. The highest BCUT2D eigenvalue weighted by Crippen LogP contribution is 2.32. The molecule has 1 aliphatic rings. The van der Waals surface area contributed by atoms with E-state index in [0.717, 1.165) is 32.3 Å². The highest BCUT2D eigenvalue weighted by molar-refractivity contribution is 14.0. The smallest absolute Gasteiger partial charge is 0.193 e. The SMILES string of the molecule is I.NC(=NCc1ccc(Br)s1)Nc1ccc2c(c1)OCCCO2. The van der Waals surface area contributed by atoms with E-state index in [1.54, 1.807) is 11.3 Å². The standard InChI is InChI=1S/C15H16BrN3O2S.HI/c16-14-5-3-11(22-14)9-18-15(17)19-10-2-4-12-13(8-10)21-7-1-6-20-12;/h2-5,8H,1,6-7,9H2,(H3,17,18,19);1H. The van der Waals surface area contributed by atoms with Crippen molar-refractivity contribution in [2.75, 3.05) is 18.5 Å². The Balaban J connectivity index is 0.00000192. The summed E-state index contributed by atoms with van der Waals surface area (Å²) in [7, 11) is 0. The van der Waals surface area contributed by atoms with Crippen LogP contribution in [0.4, 0.5) is 5.69 Å². The van der Waals surface area contributed by atoms with E-state index in [4.69, 9.17) is 15.2 Å². The summed E-state index contributed by atoms with van der Waals surface area (Å²) >= 11 is 5.08. The van der Waals surface area contributed by atoms with Crippen molar-refractivity contribution < 1.29 is 9.47 Å². The highest BCUT2D eigenvalue weighted by Gasteiger charge is 2.10. The topological polar surface area (TPSA) is 68.9 Å². The molecule has 0 spiro atoms. The maximum Gasteiger partial charge on any atom is 0.193 e. The summed E-state index contributed by atoms with van der Waals surface area (Å²) in [6.45, 7) is 1.90. The largest absolute Gasteiger partial charge is 0.490 e. The van der Waals surface area contributed by atoms with Crippen LogP contribution in [0.3, 0.4) is 0 Å². The van der Waals surface area contributed by atoms with Crippen LogP contribution in [0.15, 0.2) is 39.1 Å². The van der Waals surface area contributed by atoms with Crippen molar-refractivity contribution in [2.45, 2.75) is 13.0 Å². The van der Waals surface area contributed by atoms with Crippen LogP contribution in [0.5, 0.6) is 11.5 Å². The number of guanidine groups is 1. The van der Waals surface area contributed by atoms with Gasteiger partial charge in [0.1, 0.15) is 0 Å². The molecule has 0 fully saturated rings. The van der Waals surface area contributed by atoms with Gasteiger partial charge in [0.25, 0.3) is 0 Å². The highest BCUT2D eigenvalue weighted by atomic mass is 127. The maximum absolute atomic E-state index is 5.93. The molecule has 1 aliphatic heterocycles. The average Bonchev–Trinajstić information content (AvgIpc) is 2.78. The van der Waals surface area contributed by atoms with Gasteiger partial charge < -0.3 is 20.5 Å². The van der Waals surface area contributed by atoms with E-state index in [-0.39, 0.29) is 24.0 Å². The second kappa shape index (κ2) is 8.74. The number of hydrogen-bond donors (Lipinski definition) is 2. The zero-order valence-electron chi connectivity index (χ0n) is 12.3. The fourth-order valence-electron chi connectivity index (χ4n) is 2.03. The van der Waals surface area contributed by atoms with E-state index in [1.165, 1.54) is 0 Å². The minimum atomic E-state index is 0. The zero-order chi connectivity index (χ0) is 15.4. The number of nitrogens with two attached hydrogens (primary N) is 1. The first kappa shape index (κ1) is 18.3. The van der Waals surface area contributed by atoms with Gasteiger partial charge in [0.2, 0.25) is 0 Å². The predicted molar refractivity (Wildman–Crippen MR) is 108 cm³/mol. The van der Waals surface area contributed by atoms with Crippen LogP contribution >= 0.6 is 51.2 Å². The molecule has 0 atom stereocenters. The second-order valence-corrected chi connectivity index (χ2v) is 7.29. The van der Waals surface area contributed by atoms with E-state index >= 15 is 0 Å². The third-order valence-electron chi connectivity index (χ3n) is 3.05. The van der Waals surface area contributed by atoms with Gasteiger partial charge >= 0.3 is 0 Å². The van der Waals surface area contributed by atoms with Gasteiger partial charge in [0, 0.05) is 23.1 Å². The lowest BCUT2D eigenvalue weighted by atomic mass is 10.3. The van der Waals surface area contributed by atoms with Gasteiger partial charge in [0.15, 0.2) is 17.5 Å². The molecule has 1 aromatic carbocycles. The Morgan fingerprint density at radius 3 is 2.74 bits per heavy atom. The Kier molecular flexibility index (Phi) is 6.97. The van der Waals surface area contributed by atoms with Crippen LogP contribution in [0.2, 0.25) is 0 Å². The minimum Gasteiger partial charge on any atom is -0.490 e. The summed E-state index contributed by atoms with van der Waals surface area (Å²) in [5, 5.41) is 3.07. The predicted octanol–water partition coefficient (Wildman–Crippen LogP) is 4.22. The van der Waals surface area contributed by atoms with E-state index in [2.05, 4.69) is 26.2 Å². The molecule has 23 heavy (non-hydrogen) atoms. The number of nitrogens with one attached hydrogen (secondary N) is 1. The molecule has 0 unspecified atom stereocenters. The lowest BCUT2D eigenvalue weighted by molar-refractivity contribution is 0.297. The molecule has 5 nitrogen and oxygen atoms in total. The fraction of sp³-hybridized carbons (Fsp3) is 0.267. The lowest BCUT2D eigenvalue weighted by Crippen LogP contribution is -2.22. The summed E-state index contributed by atoms with van der Waals surface area (Å²) in [4.78, 5) is 5.48. The van der Waals surface area contributed by atoms with Crippen molar-refractivity contribution >= 4 is 62.9 Å². The number of fused-ring (bicyclic) bond motifs is 1. The molecule has 2 aromatic rings. The minimum absolute atomic E-state index is 0. The Bertz CT molecular complexity index is 693.